The number of fused-ring (bicyclic) bond motifs is 1. The number of nitrogens with one attached hydrogen (secondary N) is 3. The maximum atomic E-state index is 12.2. The van der Waals surface area contributed by atoms with E-state index < -0.39 is 0 Å². The number of piperidine rings is 1. The molecule has 0 bridgehead atoms. The second-order valence-corrected chi connectivity index (χ2v) is 5.89. The molecular weight excluding hydrogens is 297 g/mol. The molecule has 0 aliphatic carbocycles. The number of benzene rings is 1. The van der Waals surface area contributed by atoms with Crippen LogP contribution in [0.25, 0.3) is 10.9 Å². The molecule has 1 aromatic carbocycles. The van der Waals surface area contributed by atoms with E-state index in [4.69, 9.17) is 23.2 Å². The van der Waals surface area contributed by atoms with Gasteiger partial charge in [-0.05, 0) is 37.6 Å². The monoisotopic (exact) mass is 311 g/mol. The lowest BCUT2D eigenvalue weighted by Crippen LogP contribution is -2.45. The van der Waals surface area contributed by atoms with Crippen molar-refractivity contribution in [3.05, 3.63) is 33.9 Å². The van der Waals surface area contributed by atoms with Crippen LogP contribution in [0.2, 0.25) is 10.0 Å². The summed E-state index contributed by atoms with van der Waals surface area (Å²) in [5.41, 5.74) is 1.28. The summed E-state index contributed by atoms with van der Waals surface area (Å²) in [5.74, 6) is -0.109. The molecule has 0 spiro atoms. The largest absolute Gasteiger partial charge is 0.350 e. The van der Waals surface area contributed by atoms with E-state index in [1.807, 2.05) is 0 Å². The Balaban J connectivity index is 1.82. The molecule has 0 saturated carbocycles. The summed E-state index contributed by atoms with van der Waals surface area (Å²) >= 11 is 12.1. The molecule has 1 atom stereocenters. The van der Waals surface area contributed by atoms with Gasteiger partial charge in [-0.15, -0.1) is 0 Å². The molecule has 106 valence electrons. The molecule has 6 heteroatoms. The molecule has 0 radical (unpaired) electrons. The molecule has 1 aliphatic rings. The van der Waals surface area contributed by atoms with Crippen LogP contribution in [0.1, 0.15) is 23.3 Å². The molecule has 0 unspecified atom stereocenters. The minimum atomic E-state index is -0.109. The van der Waals surface area contributed by atoms with E-state index in [2.05, 4.69) is 15.6 Å². The third kappa shape index (κ3) is 2.77. The Hall–Kier alpha value is -1.23. The number of hydrogen-bond acceptors (Lipinski definition) is 2. The number of halogens is 2. The highest BCUT2D eigenvalue weighted by atomic mass is 35.5. The zero-order chi connectivity index (χ0) is 14.1. The predicted octanol–water partition coefficient (Wildman–Crippen LogP) is 2.96. The van der Waals surface area contributed by atoms with Gasteiger partial charge in [0.25, 0.3) is 5.91 Å². The molecule has 2 aromatic rings. The van der Waals surface area contributed by atoms with Crippen LogP contribution in [0, 0.1) is 0 Å². The minimum Gasteiger partial charge on any atom is -0.350 e. The number of rotatable bonds is 2. The maximum absolute atomic E-state index is 12.2. The van der Waals surface area contributed by atoms with Crippen LogP contribution in [0.15, 0.2) is 18.2 Å². The maximum Gasteiger partial charge on any atom is 0.267 e. The first-order valence-electron chi connectivity index (χ1n) is 6.63. The van der Waals surface area contributed by atoms with E-state index in [9.17, 15) is 4.79 Å². The van der Waals surface area contributed by atoms with Gasteiger partial charge in [-0.1, -0.05) is 23.2 Å². The summed E-state index contributed by atoms with van der Waals surface area (Å²) in [4.78, 5) is 15.3. The Morgan fingerprint density at radius 3 is 2.90 bits per heavy atom. The van der Waals surface area contributed by atoms with E-state index in [1.54, 1.807) is 18.2 Å². The zero-order valence-electron chi connectivity index (χ0n) is 10.8. The van der Waals surface area contributed by atoms with Crippen LogP contribution in [0.5, 0.6) is 0 Å². The average molecular weight is 312 g/mol. The fourth-order valence-electron chi connectivity index (χ4n) is 2.52. The molecule has 1 aromatic heterocycles. The Kier molecular flexibility index (Phi) is 3.87. The van der Waals surface area contributed by atoms with E-state index in [1.165, 1.54) is 0 Å². The van der Waals surface area contributed by atoms with Gasteiger partial charge in [0.05, 0.1) is 5.02 Å². The molecule has 4 nitrogen and oxygen atoms in total. The van der Waals surface area contributed by atoms with E-state index >= 15 is 0 Å². The van der Waals surface area contributed by atoms with Gasteiger partial charge < -0.3 is 15.6 Å². The first-order valence-corrected chi connectivity index (χ1v) is 7.38. The number of aromatic nitrogens is 1. The molecule has 1 aliphatic heterocycles. The third-order valence-electron chi connectivity index (χ3n) is 3.53. The van der Waals surface area contributed by atoms with Crippen molar-refractivity contribution in [1.82, 2.24) is 15.6 Å². The molecule has 1 amide bonds. The van der Waals surface area contributed by atoms with Crippen LogP contribution in [-0.2, 0) is 0 Å². The number of H-pyrrole nitrogens is 1. The van der Waals surface area contributed by atoms with Crippen molar-refractivity contribution < 1.29 is 4.79 Å². The molecule has 3 N–H and O–H groups in total. The Bertz CT molecular complexity index is 647. The lowest BCUT2D eigenvalue weighted by Gasteiger charge is -2.23. The molecular formula is C14H15Cl2N3O. The van der Waals surface area contributed by atoms with Crippen LogP contribution in [-0.4, -0.2) is 30.0 Å². The van der Waals surface area contributed by atoms with Gasteiger partial charge in [-0.3, -0.25) is 4.79 Å². The van der Waals surface area contributed by atoms with Gasteiger partial charge >= 0.3 is 0 Å². The summed E-state index contributed by atoms with van der Waals surface area (Å²) in [5, 5.41) is 8.19. The number of carbonyl (C=O) groups excluding carboxylic acids is 1. The number of amides is 1. The van der Waals surface area contributed by atoms with Crippen LogP contribution >= 0.6 is 23.2 Å². The van der Waals surface area contributed by atoms with Crippen molar-refractivity contribution in [3.63, 3.8) is 0 Å². The summed E-state index contributed by atoms with van der Waals surface area (Å²) in [6, 6.07) is 5.38. The Morgan fingerprint density at radius 2 is 2.15 bits per heavy atom. The van der Waals surface area contributed by atoms with Crippen molar-refractivity contribution in [2.24, 2.45) is 0 Å². The first kappa shape index (κ1) is 13.7. The van der Waals surface area contributed by atoms with Gasteiger partial charge in [0.1, 0.15) is 5.69 Å². The van der Waals surface area contributed by atoms with Crippen molar-refractivity contribution in [1.29, 1.82) is 0 Å². The molecule has 20 heavy (non-hydrogen) atoms. The summed E-state index contributed by atoms with van der Waals surface area (Å²) < 4.78 is 0. The lowest BCUT2D eigenvalue weighted by atomic mass is 10.1. The third-order valence-corrected chi connectivity index (χ3v) is 4.06. The van der Waals surface area contributed by atoms with Gasteiger partial charge in [-0.25, -0.2) is 0 Å². The van der Waals surface area contributed by atoms with Crippen LogP contribution in [0.4, 0.5) is 0 Å². The molecule has 1 saturated heterocycles. The second kappa shape index (κ2) is 5.64. The number of hydrogen-bond donors (Lipinski definition) is 3. The highest BCUT2D eigenvalue weighted by molar-refractivity contribution is 6.38. The van der Waals surface area contributed by atoms with Gasteiger partial charge in [0, 0.05) is 28.5 Å². The zero-order valence-corrected chi connectivity index (χ0v) is 12.3. The highest BCUT2D eigenvalue weighted by Gasteiger charge is 2.18. The van der Waals surface area contributed by atoms with Crippen LogP contribution < -0.4 is 10.6 Å². The number of carbonyl (C=O) groups is 1. The minimum absolute atomic E-state index is 0.109. The fourth-order valence-corrected chi connectivity index (χ4v) is 3.07. The first-order chi connectivity index (χ1) is 9.63. The second-order valence-electron chi connectivity index (χ2n) is 5.05. The average Bonchev–Trinajstić information content (AvgIpc) is 2.84. The summed E-state index contributed by atoms with van der Waals surface area (Å²) in [7, 11) is 0. The molecule has 3 rings (SSSR count). The van der Waals surface area contributed by atoms with E-state index in [-0.39, 0.29) is 11.9 Å². The Labute approximate surface area is 126 Å². The van der Waals surface area contributed by atoms with Gasteiger partial charge in [0.2, 0.25) is 0 Å². The fraction of sp³-hybridized carbons (Fsp3) is 0.357. The van der Waals surface area contributed by atoms with Crippen molar-refractivity contribution in [2.75, 3.05) is 13.1 Å². The topological polar surface area (TPSA) is 56.9 Å². The lowest BCUT2D eigenvalue weighted by molar-refractivity contribution is 0.0926. The summed E-state index contributed by atoms with van der Waals surface area (Å²) in [6.07, 6.45) is 2.09. The van der Waals surface area contributed by atoms with Gasteiger partial charge in [0.15, 0.2) is 0 Å². The summed E-state index contributed by atoms with van der Waals surface area (Å²) in [6.45, 7) is 1.84. The van der Waals surface area contributed by atoms with E-state index in [0.29, 0.717) is 15.7 Å². The van der Waals surface area contributed by atoms with Crippen molar-refractivity contribution in [2.45, 2.75) is 18.9 Å². The normalized spacial score (nSPS) is 19.2. The Morgan fingerprint density at radius 1 is 1.30 bits per heavy atom. The molecule has 2 heterocycles. The van der Waals surface area contributed by atoms with E-state index in [0.717, 1.165) is 36.8 Å². The van der Waals surface area contributed by atoms with Crippen molar-refractivity contribution >= 4 is 40.0 Å². The van der Waals surface area contributed by atoms with Gasteiger partial charge in [-0.2, -0.15) is 0 Å². The highest BCUT2D eigenvalue weighted by Crippen LogP contribution is 2.28. The van der Waals surface area contributed by atoms with Crippen LogP contribution in [0.3, 0.4) is 0 Å². The SMILES string of the molecule is O=C(N[C@H]1CCCNC1)c1cc2c(Cl)cc(Cl)cc2[nH]1. The number of aromatic amines is 1. The van der Waals surface area contributed by atoms with Crippen molar-refractivity contribution in [3.8, 4) is 0 Å². The quantitative estimate of drug-likeness (QED) is 0.798. The molecule has 1 fully saturated rings. The standard InChI is InChI=1S/C14H15Cl2N3O/c15-8-4-11(16)10-6-13(19-12(10)5-8)14(20)18-9-2-1-3-17-7-9/h4-6,9,17,19H,1-3,7H2,(H,18,20)/t9-/m0/s1. The smallest absolute Gasteiger partial charge is 0.267 e. The predicted molar refractivity (Wildman–Crippen MR) is 81.7 cm³/mol.